The zero-order valence-electron chi connectivity index (χ0n) is 7.85. The maximum Gasteiger partial charge on any atom is 0.146 e. The number of rotatable bonds is 4. The molecule has 1 aromatic carbocycles. The quantitative estimate of drug-likeness (QED) is 0.529. The normalized spacial score (nSPS) is 24.2. The average Bonchev–Trinajstić information content (AvgIpc) is 2.98. The highest BCUT2D eigenvalue weighted by Gasteiger charge is 2.37. The Morgan fingerprint density at radius 3 is 2.79 bits per heavy atom. The molecule has 0 saturated carbocycles. The molecule has 2 rings (SSSR count). The molecule has 0 amide bonds. The highest BCUT2D eigenvalue weighted by molar-refractivity contribution is 5.13. The van der Waals surface area contributed by atoms with Crippen LogP contribution in [-0.2, 0) is 16.1 Å². The van der Waals surface area contributed by atoms with Crippen LogP contribution in [0.2, 0.25) is 0 Å². The lowest BCUT2D eigenvalue weighted by atomic mass is 10.2. The van der Waals surface area contributed by atoms with Gasteiger partial charge < -0.3 is 9.47 Å². The van der Waals surface area contributed by atoms with Crippen molar-refractivity contribution in [1.82, 2.24) is 0 Å². The lowest BCUT2D eigenvalue weighted by molar-refractivity contribution is 0.104. The summed E-state index contributed by atoms with van der Waals surface area (Å²) in [7, 11) is 0. The Morgan fingerprint density at radius 1 is 1.36 bits per heavy atom. The predicted octanol–water partition coefficient (Wildman–Crippen LogP) is 1.60. The van der Waals surface area contributed by atoms with Crippen molar-refractivity contribution in [3.05, 3.63) is 35.9 Å². The molecule has 0 bridgehead atoms. The molecule has 1 fully saturated rings. The highest BCUT2D eigenvalue weighted by atomic mass is 16.6. The highest BCUT2D eigenvalue weighted by Crippen LogP contribution is 2.21. The van der Waals surface area contributed by atoms with Crippen molar-refractivity contribution in [1.29, 1.82) is 0 Å². The topological polar surface area (TPSA) is 21.8 Å². The molecule has 0 aliphatic carbocycles. The van der Waals surface area contributed by atoms with Crippen LogP contribution in [0.5, 0.6) is 0 Å². The minimum absolute atomic E-state index is 0.0224. The Labute approximate surface area is 83.8 Å². The summed E-state index contributed by atoms with van der Waals surface area (Å²) in [6.07, 6.45) is 5.27. The molecule has 2 atom stereocenters. The largest absolute Gasteiger partial charge is 0.374 e. The second kappa shape index (κ2) is 4.28. The summed E-state index contributed by atoms with van der Waals surface area (Å²) in [4.78, 5) is 0. The molecular formula is C12H12O2. The first-order valence-electron chi connectivity index (χ1n) is 4.63. The molecular weight excluding hydrogens is 176 g/mol. The van der Waals surface area contributed by atoms with Crippen LogP contribution in [0, 0.1) is 12.3 Å². The SMILES string of the molecule is C#C[C@H]1O[C@@H]1COCc1ccccc1. The third kappa shape index (κ3) is 2.35. The van der Waals surface area contributed by atoms with E-state index in [9.17, 15) is 0 Å². The molecule has 0 unspecified atom stereocenters. The van der Waals surface area contributed by atoms with Crippen LogP contribution >= 0.6 is 0 Å². The summed E-state index contributed by atoms with van der Waals surface area (Å²) < 4.78 is 10.6. The fourth-order valence-corrected chi connectivity index (χ4v) is 1.28. The van der Waals surface area contributed by atoms with Gasteiger partial charge in [-0.1, -0.05) is 36.3 Å². The fourth-order valence-electron chi connectivity index (χ4n) is 1.28. The van der Waals surface area contributed by atoms with Crippen molar-refractivity contribution >= 4 is 0 Å². The molecule has 2 nitrogen and oxygen atoms in total. The molecule has 2 heteroatoms. The van der Waals surface area contributed by atoms with E-state index in [1.54, 1.807) is 0 Å². The van der Waals surface area contributed by atoms with Crippen molar-refractivity contribution in [3.63, 3.8) is 0 Å². The van der Waals surface area contributed by atoms with E-state index in [2.05, 4.69) is 5.92 Å². The van der Waals surface area contributed by atoms with Gasteiger partial charge >= 0.3 is 0 Å². The van der Waals surface area contributed by atoms with Crippen LogP contribution in [0.1, 0.15) is 5.56 Å². The van der Waals surface area contributed by atoms with Gasteiger partial charge in [0, 0.05) is 0 Å². The minimum Gasteiger partial charge on any atom is -0.374 e. The van der Waals surface area contributed by atoms with Crippen LogP contribution < -0.4 is 0 Å². The van der Waals surface area contributed by atoms with Gasteiger partial charge in [0.15, 0.2) is 0 Å². The van der Waals surface area contributed by atoms with Gasteiger partial charge in [-0.15, -0.1) is 6.42 Å². The molecule has 1 aromatic rings. The lowest BCUT2D eigenvalue weighted by Gasteiger charge is -2.01. The van der Waals surface area contributed by atoms with E-state index in [-0.39, 0.29) is 12.2 Å². The Bertz CT molecular complexity index is 326. The van der Waals surface area contributed by atoms with E-state index in [0.29, 0.717) is 13.2 Å². The monoisotopic (exact) mass is 188 g/mol. The number of benzene rings is 1. The molecule has 1 aliphatic rings. The number of hydrogen-bond acceptors (Lipinski definition) is 2. The lowest BCUT2D eigenvalue weighted by Crippen LogP contribution is -2.03. The van der Waals surface area contributed by atoms with E-state index in [1.165, 1.54) is 5.56 Å². The molecule has 1 aliphatic heterocycles. The molecule has 0 N–H and O–H groups in total. The van der Waals surface area contributed by atoms with Gasteiger partial charge in [0.2, 0.25) is 0 Å². The minimum atomic E-state index is -0.0224. The Kier molecular flexibility index (Phi) is 2.83. The van der Waals surface area contributed by atoms with E-state index < -0.39 is 0 Å². The summed E-state index contributed by atoms with van der Waals surface area (Å²) in [5.74, 6) is 2.54. The standard InChI is InChI=1S/C12H12O2/c1-2-11-12(14-11)9-13-8-10-6-4-3-5-7-10/h1,3-7,11-12H,8-9H2/t11-,12-/m1/s1. The number of ether oxygens (including phenoxy) is 2. The van der Waals surface area contributed by atoms with Crippen molar-refractivity contribution < 1.29 is 9.47 Å². The van der Waals surface area contributed by atoms with Crippen LogP contribution in [0.4, 0.5) is 0 Å². The summed E-state index contributed by atoms with van der Waals surface area (Å²) >= 11 is 0. The van der Waals surface area contributed by atoms with E-state index in [0.717, 1.165) is 0 Å². The predicted molar refractivity (Wildman–Crippen MR) is 53.6 cm³/mol. The molecule has 1 heterocycles. The second-order valence-corrected chi connectivity index (χ2v) is 3.26. The number of hydrogen-bond donors (Lipinski definition) is 0. The van der Waals surface area contributed by atoms with Gasteiger partial charge in [-0.3, -0.25) is 0 Å². The van der Waals surface area contributed by atoms with Gasteiger partial charge in [0.05, 0.1) is 13.2 Å². The van der Waals surface area contributed by atoms with Crippen molar-refractivity contribution in [2.75, 3.05) is 6.61 Å². The fraction of sp³-hybridized carbons (Fsp3) is 0.333. The van der Waals surface area contributed by atoms with Gasteiger partial charge in [0.1, 0.15) is 12.2 Å². The summed E-state index contributed by atoms with van der Waals surface area (Å²) in [5, 5.41) is 0. The van der Waals surface area contributed by atoms with Crippen molar-refractivity contribution in [2.45, 2.75) is 18.8 Å². The first-order valence-corrected chi connectivity index (χ1v) is 4.63. The van der Waals surface area contributed by atoms with Crippen LogP contribution in [0.3, 0.4) is 0 Å². The maximum atomic E-state index is 5.46. The molecule has 0 spiro atoms. The third-order valence-corrected chi connectivity index (χ3v) is 2.14. The van der Waals surface area contributed by atoms with Gasteiger partial charge in [-0.05, 0) is 5.56 Å². The Balaban J connectivity index is 1.67. The zero-order chi connectivity index (χ0) is 9.80. The molecule has 72 valence electrons. The van der Waals surface area contributed by atoms with Gasteiger partial charge in [-0.2, -0.15) is 0 Å². The zero-order valence-corrected chi connectivity index (χ0v) is 7.85. The number of epoxide rings is 1. The summed E-state index contributed by atoms with van der Waals surface area (Å²) in [5.41, 5.74) is 1.17. The maximum absolute atomic E-state index is 5.46. The third-order valence-electron chi connectivity index (χ3n) is 2.14. The van der Waals surface area contributed by atoms with Crippen LogP contribution in [0.25, 0.3) is 0 Å². The Hall–Kier alpha value is -1.30. The molecule has 14 heavy (non-hydrogen) atoms. The van der Waals surface area contributed by atoms with Crippen molar-refractivity contribution in [2.24, 2.45) is 0 Å². The van der Waals surface area contributed by atoms with Crippen molar-refractivity contribution in [3.8, 4) is 12.3 Å². The Morgan fingerprint density at radius 2 is 2.14 bits per heavy atom. The van der Waals surface area contributed by atoms with Crippen LogP contribution in [-0.4, -0.2) is 18.8 Å². The molecule has 0 radical (unpaired) electrons. The van der Waals surface area contributed by atoms with E-state index in [4.69, 9.17) is 15.9 Å². The summed E-state index contributed by atoms with van der Waals surface area (Å²) in [6, 6.07) is 10.0. The van der Waals surface area contributed by atoms with Gasteiger partial charge in [0.25, 0.3) is 0 Å². The number of terminal acetylenes is 1. The second-order valence-electron chi connectivity index (χ2n) is 3.26. The average molecular weight is 188 g/mol. The summed E-state index contributed by atoms with van der Waals surface area (Å²) in [6.45, 7) is 1.21. The molecule has 1 saturated heterocycles. The molecule has 0 aromatic heterocycles. The van der Waals surface area contributed by atoms with E-state index >= 15 is 0 Å². The first-order chi connectivity index (χ1) is 6.90. The van der Waals surface area contributed by atoms with Gasteiger partial charge in [-0.25, -0.2) is 0 Å². The smallest absolute Gasteiger partial charge is 0.146 e. The van der Waals surface area contributed by atoms with Crippen LogP contribution in [0.15, 0.2) is 30.3 Å². The first kappa shape index (κ1) is 9.26. The van der Waals surface area contributed by atoms with E-state index in [1.807, 2.05) is 30.3 Å².